The number of thiol groups is 1. The minimum Gasteiger partial charge on any atom is -0.497 e. The molecule has 3 aromatic rings. The lowest BCUT2D eigenvalue weighted by molar-refractivity contribution is 0.00295. The Morgan fingerprint density at radius 2 is 1.30 bits per heavy atom. The average Bonchev–Trinajstić information content (AvgIpc) is 2.81. The number of hydrogen-bond donors (Lipinski definition) is 1. The van der Waals surface area contributed by atoms with Gasteiger partial charge in [0.1, 0.15) is 11.4 Å². The minimum atomic E-state index is -0.763. The SMILES string of the molecule is CCCOC[C@@H](S)COC(c1ccccc1)(c1ccccc1)c1ccc(OC)cc1. The van der Waals surface area contributed by atoms with Crippen molar-refractivity contribution in [3.05, 3.63) is 102 Å². The standard InChI is InChI=1S/C26H30O3S/c1-3-18-28-19-25(30)20-29-26(21-10-6-4-7-11-21,22-12-8-5-9-13-22)23-14-16-24(27-2)17-15-23/h4-17,25,30H,3,18-20H2,1-2H3/t25-/m1/s1. The normalized spacial score (nSPS) is 12.5. The third-order valence-electron chi connectivity index (χ3n) is 5.01. The van der Waals surface area contributed by atoms with E-state index in [0.717, 1.165) is 35.5 Å². The number of ether oxygens (including phenoxy) is 3. The van der Waals surface area contributed by atoms with Crippen LogP contribution < -0.4 is 4.74 Å². The monoisotopic (exact) mass is 422 g/mol. The maximum Gasteiger partial charge on any atom is 0.143 e. The van der Waals surface area contributed by atoms with Gasteiger partial charge in [0.05, 0.1) is 20.3 Å². The molecule has 0 aliphatic carbocycles. The molecule has 0 bridgehead atoms. The molecule has 0 saturated heterocycles. The third kappa shape index (κ3) is 5.25. The molecule has 1 atom stereocenters. The molecule has 0 aliphatic rings. The van der Waals surface area contributed by atoms with Gasteiger partial charge in [0.25, 0.3) is 0 Å². The van der Waals surface area contributed by atoms with Gasteiger partial charge in [-0.2, -0.15) is 12.6 Å². The highest BCUT2D eigenvalue weighted by Gasteiger charge is 2.38. The molecular weight excluding hydrogens is 392 g/mol. The van der Waals surface area contributed by atoms with E-state index in [9.17, 15) is 0 Å². The first-order valence-electron chi connectivity index (χ1n) is 10.4. The Morgan fingerprint density at radius 1 is 0.767 bits per heavy atom. The van der Waals surface area contributed by atoms with Crippen molar-refractivity contribution >= 4 is 12.6 Å². The maximum absolute atomic E-state index is 6.76. The molecule has 0 aliphatic heterocycles. The molecule has 3 rings (SSSR count). The molecule has 0 unspecified atom stereocenters. The molecule has 0 N–H and O–H groups in total. The summed E-state index contributed by atoms with van der Waals surface area (Å²) in [5.41, 5.74) is 2.41. The van der Waals surface area contributed by atoms with Gasteiger partial charge in [-0.1, -0.05) is 79.7 Å². The van der Waals surface area contributed by atoms with Crippen molar-refractivity contribution < 1.29 is 14.2 Å². The van der Waals surface area contributed by atoms with E-state index >= 15 is 0 Å². The van der Waals surface area contributed by atoms with Crippen LogP contribution in [-0.2, 0) is 15.1 Å². The van der Waals surface area contributed by atoms with Crippen molar-refractivity contribution in [2.24, 2.45) is 0 Å². The summed E-state index contributed by atoms with van der Waals surface area (Å²) in [4.78, 5) is 0. The summed E-state index contributed by atoms with van der Waals surface area (Å²) in [6.45, 7) is 3.84. The third-order valence-corrected chi connectivity index (χ3v) is 5.31. The van der Waals surface area contributed by atoms with Crippen LogP contribution in [0.1, 0.15) is 30.0 Å². The predicted molar refractivity (Wildman–Crippen MR) is 126 cm³/mol. The summed E-state index contributed by atoms with van der Waals surface area (Å²) in [6.07, 6.45) is 0.991. The zero-order valence-corrected chi connectivity index (χ0v) is 18.6. The van der Waals surface area contributed by atoms with Crippen LogP contribution in [-0.4, -0.2) is 32.2 Å². The fraction of sp³-hybridized carbons (Fsp3) is 0.308. The van der Waals surface area contributed by atoms with Gasteiger partial charge in [-0.25, -0.2) is 0 Å². The molecule has 3 aromatic carbocycles. The van der Waals surface area contributed by atoms with Crippen LogP contribution in [0, 0.1) is 0 Å². The van der Waals surface area contributed by atoms with E-state index in [1.54, 1.807) is 7.11 Å². The predicted octanol–water partition coefficient (Wildman–Crippen LogP) is 5.73. The van der Waals surface area contributed by atoms with E-state index in [2.05, 4.69) is 43.3 Å². The highest BCUT2D eigenvalue weighted by Crippen LogP contribution is 2.41. The molecule has 0 radical (unpaired) electrons. The van der Waals surface area contributed by atoms with Crippen LogP contribution in [0.2, 0.25) is 0 Å². The molecule has 0 spiro atoms. The molecular formula is C26H30O3S. The minimum absolute atomic E-state index is 0.0263. The largest absolute Gasteiger partial charge is 0.497 e. The van der Waals surface area contributed by atoms with Gasteiger partial charge in [0.2, 0.25) is 0 Å². The molecule has 0 amide bonds. The van der Waals surface area contributed by atoms with Crippen molar-refractivity contribution in [1.82, 2.24) is 0 Å². The summed E-state index contributed by atoms with van der Waals surface area (Å²) in [6, 6.07) is 28.7. The van der Waals surface area contributed by atoms with E-state index in [1.807, 2.05) is 48.5 Å². The number of methoxy groups -OCH3 is 1. The first-order valence-corrected chi connectivity index (χ1v) is 10.9. The Balaban J connectivity index is 2.05. The van der Waals surface area contributed by atoms with E-state index in [4.69, 9.17) is 26.8 Å². The maximum atomic E-state index is 6.76. The molecule has 0 heterocycles. The number of rotatable bonds is 11. The highest BCUT2D eigenvalue weighted by atomic mass is 32.1. The molecule has 158 valence electrons. The van der Waals surface area contributed by atoms with Crippen LogP contribution in [0.3, 0.4) is 0 Å². The fourth-order valence-corrected chi connectivity index (χ4v) is 3.73. The van der Waals surface area contributed by atoms with Crippen molar-refractivity contribution in [2.75, 3.05) is 26.9 Å². The van der Waals surface area contributed by atoms with Crippen molar-refractivity contribution in [2.45, 2.75) is 24.2 Å². The van der Waals surface area contributed by atoms with Gasteiger partial charge in [-0.05, 0) is 35.2 Å². The lowest BCUT2D eigenvalue weighted by Crippen LogP contribution is -2.35. The lowest BCUT2D eigenvalue weighted by atomic mass is 9.80. The Hall–Kier alpha value is -2.27. The Morgan fingerprint density at radius 3 is 1.80 bits per heavy atom. The van der Waals surface area contributed by atoms with Crippen molar-refractivity contribution in [3.63, 3.8) is 0 Å². The fourth-order valence-electron chi connectivity index (χ4n) is 3.55. The van der Waals surface area contributed by atoms with Crippen molar-refractivity contribution in [3.8, 4) is 5.75 Å². The summed E-state index contributed by atoms with van der Waals surface area (Å²) >= 11 is 4.71. The average molecular weight is 423 g/mol. The van der Waals surface area contributed by atoms with Crippen molar-refractivity contribution in [1.29, 1.82) is 0 Å². The summed E-state index contributed by atoms with van der Waals surface area (Å²) in [7, 11) is 1.68. The molecule has 0 fully saturated rings. The summed E-state index contributed by atoms with van der Waals surface area (Å²) < 4.78 is 17.8. The van der Waals surface area contributed by atoms with Crippen LogP contribution in [0.25, 0.3) is 0 Å². The molecule has 0 aromatic heterocycles. The van der Waals surface area contributed by atoms with Crippen LogP contribution in [0.5, 0.6) is 5.75 Å². The van der Waals surface area contributed by atoms with Gasteiger partial charge < -0.3 is 14.2 Å². The van der Waals surface area contributed by atoms with Gasteiger partial charge in [0.15, 0.2) is 0 Å². The number of benzene rings is 3. The molecule has 3 nitrogen and oxygen atoms in total. The van der Waals surface area contributed by atoms with Gasteiger partial charge in [-0.15, -0.1) is 0 Å². The van der Waals surface area contributed by atoms with Crippen LogP contribution in [0.15, 0.2) is 84.9 Å². The van der Waals surface area contributed by atoms with Gasteiger partial charge in [0, 0.05) is 11.9 Å². The zero-order chi connectivity index (χ0) is 21.2. The van der Waals surface area contributed by atoms with E-state index < -0.39 is 5.60 Å². The van der Waals surface area contributed by atoms with Gasteiger partial charge >= 0.3 is 0 Å². The van der Waals surface area contributed by atoms with Crippen LogP contribution in [0.4, 0.5) is 0 Å². The summed E-state index contributed by atoms with van der Waals surface area (Å²) in [5.74, 6) is 0.814. The van der Waals surface area contributed by atoms with E-state index in [1.165, 1.54) is 0 Å². The first kappa shape index (κ1) is 22.4. The first-order chi connectivity index (χ1) is 14.7. The second-order valence-corrected chi connectivity index (χ2v) is 7.91. The summed E-state index contributed by atoms with van der Waals surface area (Å²) in [5, 5.41) is -0.0263. The highest BCUT2D eigenvalue weighted by molar-refractivity contribution is 7.81. The molecule has 4 heteroatoms. The van der Waals surface area contributed by atoms with Gasteiger partial charge in [-0.3, -0.25) is 0 Å². The molecule has 0 saturated carbocycles. The van der Waals surface area contributed by atoms with Crippen LogP contribution >= 0.6 is 12.6 Å². The number of hydrogen-bond acceptors (Lipinski definition) is 4. The van der Waals surface area contributed by atoms with E-state index in [-0.39, 0.29) is 5.25 Å². The second kappa shape index (κ2) is 11.2. The quantitative estimate of drug-likeness (QED) is 0.243. The van der Waals surface area contributed by atoms with E-state index in [0.29, 0.717) is 13.2 Å². The second-order valence-electron chi connectivity index (χ2n) is 7.18. The Kier molecular flexibility index (Phi) is 8.38. The topological polar surface area (TPSA) is 27.7 Å². The smallest absolute Gasteiger partial charge is 0.143 e. The molecule has 30 heavy (non-hydrogen) atoms. The Labute approximate surface area is 185 Å². The lowest BCUT2D eigenvalue weighted by Gasteiger charge is -2.36. The zero-order valence-electron chi connectivity index (χ0n) is 17.7. The Bertz CT molecular complexity index is 826.